The fraction of sp³-hybridized carbons (Fsp3) is 0.579. The molecule has 1 aliphatic heterocycles. The summed E-state index contributed by atoms with van der Waals surface area (Å²) in [6.07, 6.45) is 1.84. The Morgan fingerprint density at radius 3 is 2.48 bits per heavy atom. The Balaban J connectivity index is 1.91. The van der Waals surface area contributed by atoms with Crippen molar-refractivity contribution in [3.8, 4) is 17.2 Å². The minimum absolute atomic E-state index is 0.105. The average Bonchev–Trinajstić information content (AvgIpc) is 3.18. The SMILES string of the molecule is COC(=O)CSC1CCN(C(=O)CCc2ccc(OC)c(OC)c2OC)C1. The van der Waals surface area contributed by atoms with E-state index in [-0.39, 0.29) is 17.1 Å². The molecule has 1 amide bonds. The summed E-state index contributed by atoms with van der Waals surface area (Å²) in [4.78, 5) is 25.7. The second-order valence-electron chi connectivity index (χ2n) is 6.13. The maximum absolute atomic E-state index is 12.6. The van der Waals surface area contributed by atoms with Crippen molar-refractivity contribution in [2.75, 3.05) is 47.3 Å². The smallest absolute Gasteiger partial charge is 0.315 e. The van der Waals surface area contributed by atoms with E-state index in [2.05, 4.69) is 4.74 Å². The van der Waals surface area contributed by atoms with Gasteiger partial charge in [0.05, 0.1) is 34.2 Å². The number of ether oxygens (including phenoxy) is 4. The predicted molar refractivity (Wildman–Crippen MR) is 104 cm³/mol. The van der Waals surface area contributed by atoms with Gasteiger partial charge in [-0.15, -0.1) is 11.8 Å². The molecule has 1 aromatic carbocycles. The van der Waals surface area contributed by atoms with E-state index in [0.29, 0.717) is 42.4 Å². The van der Waals surface area contributed by atoms with Crippen molar-refractivity contribution in [1.82, 2.24) is 4.90 Å². The summed E-state index contributed by atoms with van der Waals surface area (Å²) < 4.78 is 20.8. The lowest BCUT2D eigenvalue weighted by Gasteiger charge is -2.18. The van der Waals surface area contributed by atoms with Gasteiger partial charge in [0.15, 0.2) is 11.5 Å². The summed E-state index contributed by atoms with van der Waals surface area (Å²) in [5, 5.41) is 0.281. The zero-order valence-electron chi connectivity index (χ0n) is 16.3. The Hall–Kier alpha value is -2.09. The monoisotopic (exact) mass is 397 g/mol. The van der Waals surface area contributed by atoms with E-state index in [1.165, 1.54) is 7.11 Å². The molecule has 0 aliphatic carbocycles. The van der Waals surface area contributed by atoms with Crippen LogP contribution in [-0.2, 0) is 20.7 Å². The average molecular weight is 397 g/mol. The van der Waals surface area contributed by atoms with E-state index >= 15 is 0 Å². The van der Waals surface area contributed by atoms with Gasteiger partial charge in [0.1, 0.15) is 0 Å². The van der Waals surface area contributed by atoms with Gasteiger partial charge in [-0.2, -0.15) is 0 Å². The van der Waals surface area contributed by atoms with Gasteiger partial charge in [-0.25, -0.2) is 0 Å². The van der Waals surface area contributed by atoms with Crippen LogP contribution >= 0.6 is 11.8 Å². The number of rotatable bonds is 9. The molecule has 7 nitrogen and oxygen atoms in total. The van der Waals surface area contributed by atoms with Crippen LogP contribution in [-0.4, -0.2) is 69.3 Å². The van der Waals surface area contributed by atoms with Gasteiger partial charge < -0.3 is 23.8 Å². The maximum Gasteiger partial charge on any atom is 0.315 e. The summed E-state index contributed by atoms with van der Waals surface area (Å²) in [6, 6.07) is 3.71. The highest BCUT2D eigenvalue weighted by molar-refractivity contribution is 8.00. The van der Waals surface area contributed by atoms with Crippen molar-refractivity contribution in [2.24, 2.45) is 0 Å². The number of likely N-dealkylation sites (tertiary alicyclic amines) is 1. The zero-order valence-corrected chi connectivity index (χ0v) is 17.1. The molecular formula is C19H27NO6S. The second-order valence-corrected chi connectivity index (χ2v) is 7.42. The molecule has 1 unspecified atom stereocenters. The summed E-state index contributed by atoms with van der Waals surface area (Å²) in [5.74, 6) is 1.92. The summed E-state index contributed by atoms with van der Waals surface area (Å²) in [7, 11) is 6.09. The van der Waals surface area contributed by atoms with E-state index in [9.17, 15) is 9.59 Å². The summed E-state index contributed by atoms with van der Waals surface area (Å²) in [6.45, 7) is 1.39. The van der Waals surface area contributed by atoms with Crippen molar-refractivity contribution >= 4 is 23.6 Å². The zero-order chi connectivity index (χ0) is 19.8. The summed E-state index contributed by atoms with van der Waals surface area (Å²) in [5.41, 5.74) is 0.902. The van der Waals surface area contributed by atoms with Crippen molar-refractivity contribution < 1.29 is 28.5 Å². The van der Waals surface area contributed by atoms with Crippen LogP contribution in [0.15, 0.2) is 12.1 Å². The molecule has 1 aromatic rings. The fourth-order valence-corrected chi connectivity index (χ4v) is 4.14. The van der Waals surface area contributed by atoms with E-state index < -0.39 is 0 Å². The molecule has 1 saturated heterocycles. The molecule has 1 atom stereocenters. The minimum Gasteiger partial charge on any atom is -0.493 e. The number of aryl methyl sites for hydroxylation is 1. The fourth-order valence-electron chi connectivity index (χ4n) is 3.10. The number of carbonyl (C=O) groups excluding carboxylic acids is 2. The predicted octanol–water partition coefficient (Wildman–Crippen LogP) is 2.15. The van der Waals surface area contributed by atoms with E-state index in [1.54, 1.807) is 33.1 Å². The normalized spacial score (nSPS) is 16.1. The third-order valence-corrected chi connectivity index (χ3v) is 5.81. The van der Waals surface area contributed by atoms with Crippen molar-refractivity contribution in [2.45, 2.75) is 24.5 Å². The number of nitrogens with zero attached hydrogens (tertiary/aromatic N) is 1. The number of hydrogen-bond acceptors (Lipinski definition) is 7. The molecule has 0 N–H and O–H groups in total. The van der Waals surface area contributed by atoms with Crippen LogP contribution in [0.5, 0.6) is 17.2 Å². The maximum atomic E-state index is 12.6. The van der Waals surface area contributed by atoms with Crippen molar-refractivity contribution in [3.05, 3.63) is 17.7 Å². The Kier molecular flexibility index (Phi) is 8.09. The lowest BCUT2D eigenvalue weighted by molar-refractivity contribution is -0.137. The Labute approximate surface area is 164 Å². The number of hydrogen-bond donors (Lipinski definition) is 0. The van der Waals surface area contributed by atoms with Gasteiger partial charge in [-0.05, 0) is 24.5 Å². The van der Waals surface area contributed by atoms with Gasteiger partial charge >= 0.3 is 5.97 Å². The molecule has 150 valence electrons. The Morgan fingerprint density at radius 2 is 1.85 bits per heavy atom. The third-order valence-electron chi connectivity index (χ3n) is 4.56. The van der Waals surface area contributed by atoms with Gasteiger partial charge in [-0.1, -0.05) is 6.07 Å². The first-order valence-corrected chi connectivity index (χ1v) is 9.82. The minimum atomic E-state index is -0.231. The first-order valence-electron chi connectivity index (χ1n) is 8.78. The Morgan fingerprint density at radius 1 is 1.11 bits per heavy atom. The molecule has 1 aliphatic rings. The van der Waals surface area contributed by atoms with Crippen molar-refractivity contribution in [1.29, 1.82) is 0 Å². The Bertz CT molecular complexity index is 666. The van der Waals surface area contributed by atoms with Crippen LogP contribution in [0.1, 0.15) is 18.4 Å². The number of thioether (sulfide) groups is 1. The van der Waals surface area contributed by atoms with Crippen LogP contribution in [0, 0.1) is 0 Å². The van der Waals surface area contributed by atoms with Gasteiger partial charge in [0.2, 0.25) is 11.7 Å². The molecule has 0 aromatic heterocycles. The number of benzene rings is 1. The van der Waals surface area contributed by atoms with Crippen LogP contribution in [0.25, 0.3) is 0 Å². The van der Waals surface area contributed by atoms with Gasteiger partial charge in [0.25, 0.3) is 0 Å². The number of amides is 1. The van der Waals surface area contributed by atoms with Crippen LogP contribution in [0.4, 0.5) is 0 Å². The van der Waals surface area contributed by atoms with E-state index in [0.717, 1.165) is 18.5 Å². The molecule has 8 heteroatoms. The van der Waals surface area contributed by atoms with Gasteiger partial charge in [-0.3, -0.25) is 9.59 Å². The standard InChI is InChI=1S/C19H27NO6S/c1-23-15-7-5-13(18(25-3)19(15)26-4)6-8-16(21)20-10-9-14(11-20)27-12-17(22)24-2/h5,7,14H,6,8-12H2,1-4H3. The quantitative estimate of drug-likeness (QED) is 0.591. The highest BCUT2D eigenvalue weighted by Crippen LogP contribution is 2.40. The molecule has 27 heavy (non-hydrogen) atoms. The van der Waals surface area contributed by atoms with Crippen LogP contribution < -0.4 is 14.2 Å². The highest BCUT2D eigenvalue weighted by Gasteiger charge is 2.27. The van der Waals surface area contributed by atoms with E-state index in [4.69, 9.17) is 14.2 Å². The molecule has 0 saturated carbocycles. The van der Waals surface area contributed by atoms with Gasteiger partial charge in [0, 0.05) is 24.8 Å². The molecule has 1 heterocycles. The second kappa shape index (κ2) is 10.3. The lowest BCUT2D eigenvalue weighted by atomic mass is 10.1. The van der Waals surface area contributed by atoms with E-state index in [1.807, 2.05) is 17.0 Å². The molecule has 2 rings (SSSR count). The lowest BCUT2D eigenvalue weighted by Crippen LogP contribution is -2.29. The molecular weight excluding hydrogens is 370 g/mol. The number of methoxy groups -OCH3 is 4. The van der Waals surface area contributed by atoms with Crippen molar-refractivity contribution in [3.63, 3.8) is 0 Å². The molecule has 0 radical (unpaired) electrons. The van der Waals surface area contributed by atoms with Crippen LogP contribution in [0.3, 0.4) is 0 Å². The largest absolute Gasteiger partial charge is 0.493 e. The molecule has 0 bridgehead atoms. The molecule has 1 fully saturated rings. The number of carbonyl (C=O) groups is 2. The third kappa shape index (κ3) is 5.45. The summed E-state index contributed by atoms with van der Waals surface area (Å²) >= 11 is 1.55. The van der Waals surface area contributed by atoms with Crippen LogP contribution in [0.2, 0.25) is 0 Å². The highest BCUT2D eigenvalue weighted by atomic mass is 32.2. The first-order chi connectivity index (χ1) is 13.0. The molecule has 0 spiro atoms. The number of esters is 1. The first kappa shape index (κ1) is 21.2. The topological polar surface area (TPSA) is 74.3 Å².